The van der Waals surface area contributed by atoms with Crippen LogP contribution < -0.4 is 0 Å². The molecule has 0 bridgehead atoms. The van der Waals surface area contributed by atoms with Crippen LogP contribution in [0.1, 0.15) is 47.7 Å². The standard InChI is InChI=1S/C19H18BrN3O3/c1-2-14-10-18(26-21-14)16-4-3-9-23(16)19(24)15-11-17(25-22-15)12-5-7-13(20)8-6-12/h5-8,10-11,16H,2-4,9H2,1H3. The summed E-state index contributed by atoms with van der Waals surface area (Å²) in [4.78, 5) is 14.7. The van der Waals surface area contributed by atoms with Crippen LogP contribution in [0.2, 0.25) is 0 Å². The second kappa shape index (κ2) is 7.07. The van der Waals surface area contributed by atoms with Crippen molar-refractivity contribution in [2.24, 2.45) is 0 Å². The Morgan fingerprint density at radius 2 is 2.04 bits per heavy atom. The van der Waals surface area contributed by atoms with Crippen molar-refractivity contribution in [2.75, 3.05) is 6.54 Å². The van der Waals surface area contributed by atoms with Crippen LogP contribution in [0, 0.1) is 0 Å². The summed E-state index contributed by atoms with van der Waals surface area (Å²) in [6, 6.07) is 11.2. The molecule has 134 valence electrons. The highest BCUT2D eigenvalue weighted by molar-refractivity contribution is 9.10. The minimum atomic E-state index is -0.144. The van der Waals surface area contributed by atoms with Crippen molar-refractivity contribution in [1.82, 2.24) is 15.2 Å². The zero-order valence-electron chi connectivity index (χ0n) is 14.3. The number of rotatable bonds is 4. The zero-order chi connectivity index (χ0) is 18.1. The Labute approximate surface area is 159 Å². The summed E-state index contributed by atoms with van der Waals surface area (Å²) in [7, 11) is 0. The largest absolute Gasteiger partial charge is 0.359 e. The van der Waals surface area contributed by atoms with Gasteiger partial charge in [-0.15, -0.1) is 0 Å². The van der Waals surface area contributed by atoms with Crippen LogP contribution in [0.25, 0.3) is 11.3 Å². The monoisotopic (exact) mass is 415 g/mol. The molecule has 2 aromatic heterocycles. The van der Waals surface area contributed by atoms with Crippen LogP contribution in [0.15, 0.2) is 49.9 Å². The van der Waals surface area contributed by atoms with Crippen LogP contribution in [0.3, 0.4) is 0 Å². The first-order valence-electron chi connectivity index (χ1n) is 8.65. The van der Waals surface area contributed by atoms with Crippen molar-refractivity contribution < 1.29 is 13.8 Å². The van der Waals surface area contributed by atoms with E-state index in [-0.39, 0.29) is 11.9 Å². The molecule has 4 rings (SSSR count). The van der Waals surface area contributed by atoms with Gasteiger partial charge in [0.25, 0.3) is 5.91 Å². The topological polar surface area (TPSA) is 72.4 Å². The maximum absolute atomic E-state index is 12.9. The predicted molar refractivity (Wildman–Crippen MR) is 98.5 cm³/mol. The molecule has 6 nitrogen and oxygen atoms in total. The summed E-state index contributed by atoms with van der Waals surface area (Å²) >= 11 is 3.41. The lowest BCUT2D eigenvalue weighted by molar-refractivity contribution is 0.0704. The van der Waals surface area contributed by atoms with Crippen LogP contribution in [0.5, 0.6) is 0 Å². The molecular formula is C19H18BrN3O3. The van der Waals surface area contributed by atoms with Crippen molar-refractivity contribution in [1.29, 1.82) is 0 Å². The van der Waals surface area contributed by atoms with Crippen LogP contribution >= 0.6 is 15.9 Å². The zero-order valence-corrected chi connectivity index (χ0v) is 15.9. The van der Waals surface area contributed by atoms with Crippen LogP contribution in [-0.4, -0.2) is 27.7 Å². The van der Waals surface area contributed by atoms with Gasteiger partial charge in [-0.3, -0.25) is 4.79 Å². The Hall–Kier alpha value is -2.41. The van der Waals surface area contributed by atoms with E-state index in [0.717, 1.165) is 40.8 Å². The van der Waals surface area contributed by atoms with Gasteiger partial charge in [-0.25, -0.2) is 0 Å². The SMILES string of the molecule is CCc1cc(C2CCCN2C(=O)c2cc(-c3ccc(Br)cc3)on2)on1. The smallest absolute Gasteiger partial charge is 0.276 e. The van der Waals surface area contributed by atoms with Crippen LogP contribution in [0.4, 0.5) is 0 Å². The first-order chi connectivity index (χ1) is 12.7. The number of aromatic nitrogens is 2. The minimum absolute atomic E-state index is 0.0943. The number of carbonyl (C=O) groups excluding carboxylic acids is 1. The maximum atomic E-state index is 12.9. The van der Waals surface area contributed by atoms with Crippen LogP contribution in [-0.2, 0) is 6.42 Å². The highest BCUT2D eigenvalue weighted by Crippen LogP contribution is 2.34. The molecule has 3 aromatic rings. The third-order valence-electron chi connectivity index (χ3n) is 4.64. The van der Waals surface area contributed by atoms with Gasteiger partial charge in [0.2, 0.25) is 0 Å². The molecule has 1 fully saturated rings. The van der Waals surface area contributed by atoms with E-state index in [1.807, 2.05) is 37.3 Å². The fourth-order valence-electron chi connectivity index (χ4n) is 3.23. The molecule has 7 heteroatoms. The highest BCUT2D eigenvalue weighted by Gasteiger charge is 2.34. The van der Waals surface area contributed by atoms with Crippen molar-refractivity contribution in [3.8, 4) is 11.3 Å². The van der Waals surface area contributed by atoms with Gasteiger partial charge in [0.1, 0.15) is 0 Å². The second-order valence-corrected chi connectivity index (χ2v) is 7.23. The number of nitrogens with zero attached hydrogens (tertiary/aromatic N) is 3. The Morgan fingerprint density at radius 3 is 2.77 bits per heavy atom. The summed E-state index contributed by atoms with van der Waals surface area (Å²) in [5.74, 6) is 1.17. The summed E-state index contributed by atoms with van der Waals surface area (Å²) in [6.07, 6.45) is 2.60. The molecule has 0 saturated carbocycles. The summed E-state index contributed by atoms with van der Waals surface area (Å²) in [5, 5.41) is 8.03. The number of carbonyl (C=O) groups is 1. The summed E-state index contributed by atoms with van der Waals surface area (Å²) in [5.41, 5.74) is 2.09. The van der Waals surface area contributed by atoms with E-state index < -0.39 is 0 Å². The molecule has 1 unspecified atom stereocenters. The molecule has 0 N–H and O–H groups in total. The van der Waals surface area contributed by atoms with Gasteiger partial charge in [-0.1, -0.05) is 45.3 Å². The van der Waals surface area contributed by atoms with E-state index in [4.69, 9.17) is 9.05 Å². The quantitative estimate of drug-likeness (QED) is 0.620. The van der Waals surface area contributed by atoms with E-state index in [2.05, 4.69) is 26.2 Å². The molecule has 3 heterocycles. The molecule has 0 aliphatic carbocycles. The summed E-state index contributed by atoms with van der Waals surface area (Å²) in [6.45, 7) is 2.70. The van der Waals surface area contributed by atoms with E-state index in [1.54, 1.807) is 11.0 Å². The van der Waals surface area contributed by atoms with E-state index in [0.29, 0.717) is 18.0 Å². The molecule has 1 aliphatic rings. The number of hydrogen-bond acceptors (Lipinski definition) is 5. The van der Waals surface area contributed by atoms with Gasteiger partial charge in [-0.05, 0) is 31.4 Å². The lowest BCUT2D eigenvalue weighted by Gasteiger charge is -2.21. The van der Waals surface area contributed by atoms with Gasteiger partial charge in [-0.2, -0.15) is 0 Å². The third kappa shape index (κ3) is 3.19. The number of halogens is 1. The fourth-order valence-corrected chi connectivity index (χ4v) is 3.50. The summed E-state index contributed by atoms with van der Waals surface area (Å²) < 4.78 is 11.8. The average Bonchev–Trinajstić information content (AvgIpc) is 3.40. The minimum Gasteiger partial charge on any atom is -0.359 e. The third-order valence-corrected chi connectivity index (χ3v) is 5.17. The number of amides is 1. The average molecular weight is 416 g/mol. The second-order valence-electron chi connectivity index (χ2n) is 6.31. The maximum Gasteiger partial charge on any atom is 0.276 e. The molecule has 0 radical (unpaired) electrons. The first-order valence-corrected chi connectivity index (χ1v) is 9.44. The Balaban J connectivity index is 1.56. The molecule has 1 saturated heterocycles. The lowest BCUT2D eigenvalue weighted by Crippen LogP contribution is -2.30. The van der Waals surface area contributed by atoms with Gasteiger partial charge >= 0.3 is 0 Å². The molecular weight excluding hydrogens is 398 g/mol. The number of hydrogen-bond donors (Lipinski definition) is 0. The van der Waals surface area contributed by atoms with E-state index in [9.17, 15) is 4.79 Å². The van der Waals surface area contributed by atoms with Crippen molar-refractivity contribution >= 4 is 21.8 Å². The number of likely N-dealkylation sites (tertiary alicyclic amines) is 1. The predicted octanol–water partition coefficient (Wildman–Crippen LogP) is 4.63. The number of benzene rings is 1. The Morgan fingerprint density at radius 1 is 1.23 bits per heavy atom. The molecule has 1 atom stereocenters. The van der Waals surface area contributed by atoms with Gasteiger partial charge in [0.05, 0.1) is 11.7 Å². The molecule has 1 aromatic carbocycles. The molecule has 26 heavy (non-hydrogen) atoms. The van der Waals surface area contributed by atoms with Gasteiger partial charge in [0, 0.05) is 28.7 Å². The Kier molecular flexibility index (Phi) is 4.63. The van der Waals surface area contributed by atoms with Gasteiger partial charge in [0.15, 0.2) is 17.2 Å². The van der Waals surface area contributed by atoms with Crippen molar-refractivity contribution in [3.05, 3.63) is 58.0 Å². The Bertz CT molecular complexity index is 916. The fraction of sp³-hybridized carbons (Fsp3) is 0.316. The highest BCUT2D eigenvalue weighted by atomic mass is 79.9. The first kappa shape index (κ1) is 17.0. The number of aryl methyl sites for hydroxylation is 1. The van der Waals surface area contributed by atoms with Gasteiger partial charge < -0.3 is 13.9 Å². The van der Waals surface area contributed by atoms with Crippen molar-refractivity contribution in [2.45, 2.75) is 32.2 Å². The van der Waals surface area contributed by atoms with E-state index >= 15 is 0 Å². The van der Waals surface area contributed by atoms with Crippen molar-refractivity contribution in [3.63, 3.8) is 0 Å². The van der Waals surface area contributed by atoms with E-state index in [1.165, 1.54) is 0 Å². The normalized spacial score (nSPS) is 17.0. The molecule has 0 spiro atoms. The lowest BCUT2D eigenvalue weighted by atomic mass is 10.1. The molecule has 1 aliphatic heterocycles. The molecule has 1 amide bonds.